The third-order valence-electron chi connectivity index (χ3n) is 5.87. The fourth-order valence-corrected chi connectivity index (χ4v) is 4.58. The molecule has 4 nitrogen and oxygen atoms in total. The zero-order chi connectivity index (χ0) is 14.7. The first-order chi connectivity index (χ1) is 10.3. The Hall–Kier alpha value is -0.610. The van der Waals surface area contributed by atoms with E-state index in [0.717, 1.165) is 45.4 Å². The van der Waals surface area contributed by atoms with Crippen LogP contribution in [-0.4, -0.2) is 59.1 Å². The second kappa shape index (κ2) is 6.66. The Morgan fingerprint density at radius 1 is 1.00 bits per heavy atom. The number of likely N-dealkylation sites (tertiary alicyclic amines) is 2. The van der Waals surface area contributed by atoms with Gasteiger partial charge in [-0.1, -0.05) is 25.7 Å². The van der Waals surface area contributed by atoms with E-state index in [1.807, 2.05) is 0 Å². The first-order valence-electron chi connectivity index (χ1n) is 8.91. The number of hydrogen-bond donors (Lipinski definition) is 1. The molecule has 2 saturated heterocycles. The van der Waals surface area contributed by atoms with Crippen LogP contribution in [0.4, 0.5) is 0 Å². The number of amides is 1. The second-order valence-electron chi connectivity index (χ2n) is 7.23. The molecule has 3 aliphatic rings. The standard InChI is InChI=1S/C17H30N2O2/c20-14-15-7-12-18(13-15)16(21)17(8-3-1-4-9-17)19-10-5-2-6-11-19/h15,20H,1-14H2/t15-/m0/s1. The lowest BCUT2D eigenvalue weighted by Crippen LogP contribution is -2.61. The molecule has 1 saturated carbocycles. The Kier molecular flexibility index (Phi) is 4.85. The molecule has 0 unspecified atom stereocenters. The normalized spacial score (nSPS) is 30.5. The summed E-state index contributed by atoms with van der Waals surface area (Å²) < 4.78 is 0. The molecule has 1 N–H and O–H groups in total. The molecule has 0 aromatic rings. The SMILES string of the molecule is O=C(N1CC[C@H](CO)C1)C1(N2CCCCC2)CCCCC1. The molecule has 0 aromatic carbocycles. The second-order valence-corrected chi connectivity index (χ2v) is 7.23. The average Bonchev–Trinajstić information content (AvgIpc) is 3.04. The van der Waals surface area contributed by atoms with E-state index in [0.29, 0.717) is 11.8 Å². The summed E-state index contributed by atoms with van der Waals surface area (Å²) >= 11 is 0. The van der Waals surface area contributed by atoms with Crippen LogP contribution in [0.5, 0.6) is 0 Å². The van der Waals surface area contributed by atoms with Crippen molar-refractivity contribution >= 4 is 5.91 Å². The number of aliphatic hydroxyl groups excluding tert-OH is 1. The van der Waals surface area contributed by atoms with Crippen molar-refractivity contribution in [3.05, 3.63) is 0 Å². The maximum Gasteiger partial charge on any atom is 0.243 e. The van der Waals surface area contributed by atoms with Gasteiger partial charge < -0.3 is 10.0 Å². The van der Waals surface area contributed by atoms with Crippen molar-refractivity contribution in [1.82, 2.24) is 9.80 Å². The van der Waals surface area contributed by atoms with Crippen molar-refractivity contribution in [2.75, 3.05) is 32.8 Å². The van der Waals surface area contributed by atoms with Crippen LogP contribution in [0, 0.1) is 5.92 Å². The largest absolute Gasteiger partial charge is 0.396 e. The minimum atomic E-state index is -0.205. The van der Waals surface area contributed by atoms with E-state index >= 15 is 0 Å². The van der Waals surface area contributed by atoms with E-state index in [2.05, 4.69) is 9.80 Å². The molecule has 1 amide bonds. The van der Waals surface area contributed by atoms with Gasteiger partial charge in [-0.05, 0) is 45.2 Å². The summed E-state index contributed by atoms with van der Waals surface area (Å²) in [5, 5.41) is 9.34. The third-order valence-corrected chi connectivity index (χ3v) is 5.87. The molecule has 2 heterocycles. The van der Waals surface area contributed by atoms with Crippen LogP contribution in [0.15, 0.2) is 0 Å². The number of piperidine rings is 1. The Morgan fingerprint density at radius 3 is 2.29 bits per heavy atom. The highest BCUT2D eigenvalue weighted by Crippen LogP contribution is 2.38. The maximum absolute atomic E-state index is 13.3. The summed E-state index contributed by atoms with van der Waals surface area (Å²) in [6, 6.07) is 0. The molecule has 120 valence electrons. The molecule has 0 bridgehead atoms. The quantitative estimate of drug-likeness (QED) is 0.866. The molecule has 0 aromatic heterocycles. The van der Waals surface area contributed by atoms with Crippen LogP contribution in [0.3, 0.4) is 0 Å². The van der Waals surface area contributed by atoms with Crippen molar-refractivity contribution in [3.8, 4) is 0 Å². The van der Waals surface area contributed by atoms with Crippen molar-refractivity contribution in [2.24, 2.45) is 5.92 Å². The predicted octanol–water partition coefficient (Wildman–Crippen LogP) is 2.02. The van der Waals surface area contributed by atoms with Gasteiger partial charge >= 0.3 is 0 Å². The van der Waals surface area contributed by atoms with Gasteiger partial charge in [-0.25, -0.2) is 0 Å². The smallest absolute Gasteiger partial charge is 0.243 e. The number of rotatable bonds is 3. The first-order valence-corrected chi connectivity index (χ1v) is 8.91. The molecule has 1 aliphatic carbocycles. The molecule has 0 radical (unpaired) electrons. The minimum absolute atomic E-state index is 0.205. The van der Waals surface area contributed by atoms with Crippen LogP contribution in [0.2, 0.25) is 0 Å². The van der Waals surface area contributed by atoms with Gasteiger partial charge in [0.05, 0.1) is 0 Å². The van der Waals surface area contributed by atoms with E-state index in [4.69, 9.17) is 0 Å². The molecule has 4 heteroatoms. The highest BCUT2D eigenvalue weighted by atomic mass is 16.3. The minimum Gasteiger partial charge on any atom is -0.396 e. The summed E-state index contributed by atoms with van der Waals surface area (Å²) in [6.45, 7) is 4.04. The monoisotopic (exact) mass is 294 g/mol. The summed E-state index contributed by atoms with van der Waals surface area (Å²) in [4.78, 5) is 17.9. The Labute approximate surface area is 128 Å². The zero-order valence-corrected chi connectivity index (χ0v) is 13.2. The summed E-state index contributed by atoms with van der Waals surface area (Å²) in [7, 11) is 0. The molecule has 2 aliphatic heterocycles. The molecule has 3 rings (SSSR count). The Balaban J connectivity index is 1.76. The third kappa shape index (κ3) is 2.98. The lowest BCUT2D eigenvalue weighted by atomic mass is 9.78. The fraction of sp³-hybridized carbons (Fsp3) is 0.941. The van der Waals surface area contributed by atoms with Crippen LogP contribution in [0.1, 0.15) is 57.8 Å². The van der Waals surface area contributed by atoms with Gasteiger partial charge in [0, 0.05) is 25.6 Å². The van der Waals surface area contributed by atoms with Gasteiger partial charge in [0.25, 0.3) is 0 Å². The predicted molar refractivity (Wildman–Crippen MR) is 83.0 cm³/mol. The highest BCUT2D eigenvalue weighted by Gasteiger charge is 2.47. The molecule has 0 spiro atoms. The van der Waals surface area contributed by atoms with Crippen LogP contribution < -0.4 is 0 Å². The van der Waals surface area contributed by atoms with Gasteiger partial charge in [-0.2, -0.15) is 0 Å². The van der Waals surface area contributed by atoms with Crippen molar-refractivity contribution in [3.63, 3.8) is 0 Å². The number of hydrogen-bond acceptors (Lipinski definition) is 3. The van der Waals surface area contributed by atoms with E-state index < -0.39 is 0 Å². The van der Waals surface area contributed by atoms with Gasteiger partial charge in [0.2, 0.25) is 5.91 Å². The van der Waals surface area contributed by atoms with Crippen molar-refractivity contribution < 1.29 is 9.90 Å². The number of nitrogens with zero attached hydrogens (tertiary/aromatic N) is 2. The number of carbonyl (C=O) groups is 1. The van der Waals surface area contributed by atoms with Gasteiger partial charge in [-0.15, -0.1) is 0 Å². The first kappa shape index (κ1) is 15.3. The maximum atomic E-state index is 13.3. The highest BCUT2D eigenvalue weighted by molar-refractivity contribution is 5.86. The van der Waals surface area contributed by atoms with E-state index in [1.165, 1.54) is 38.5 Å². The number of carbonyl (C=O) groups excluding carboxylic acids is 1. The molecule has 1 atom stereocenters. The number of aliphatic hydroxyl groups is 1. The summed E-state index contributed by atoms with van der Waals surface area (Å²) in [5.74, 6) is 0.677. The van der Waals surface area contributed by atoms with Gasteiger partial charge in [-0.3, -0.25) is 9.69 Å². The topological polar surface area (TPSA) is 43.8 Å². The van der Waals surface area contributed by atoms with E-state index in [9.17, 15) is 9.90 Å². The Bertz CT molecular complexity index is 360. The van der Waals surface area contributed by atoms with E-state index in [1.54, 1.807) is 0 Å². The average molecular weight is 294 g/mol. The van der Waals surface area contributed by atoms with Crippen LogP contribution in [-0.2, 0) is 4.79 Å². The van der Waals surface area contributed by atoms with Gasteiger partial charge in [0.1, 0.15) is 5.54 Å². The lowest BCUT2D eigenvalue weighted by Gasteiger charge is -2.48. The molecule has 3 fully saturated rings. The van der Waals surface area contributed by atoms with Crippen molar-refractivity contribution in [2.45, 2.75) is 63.3 Å². The molecular formula is C17H30N2O2. The Morgan fingerprint density at radius 2 is 1.67 bits per heavy atom. The van der Waals surface area contributed by atoms with Crippen molar-refractivity contribution in [1.29, 1.82) is 0 Å². The van der Waals surface area contributed by atoms with Crippen LogP contribution >= 0.6 is 0 Å². The zero-order valence-electron chi connectivity index (χ0n) is 13.2. The van der Waals surface area contributed by atoms with Gasteiger partial charge in [0.15, 0.2) is 0 Å². The summed E-state index contributed by atoms with van der Waals surface area (Å²) in [5.41, 5.74) is -0.205. The fourth-order valence-electron chi connectivity index (χ4n) is 4.58. The van der Waals surface area contributed by atoms with Crippen LogP contribution in [0.25, 0.3) is 0 Å². The molecular weight excluding hydrogens is 264 g/mol. The van der Waals surface area contributed by atoms with E-state index in [-0.39, 0.29) is 12.1 Å². The summed E-state index contributed by atoms with van der Waals surface area (Å²) in [6.07, 6.45) is 10.5. The molecule has 21 heavy (non-hydrogen) atoms. The lowest BCUT2D eigenvalue weighted by molar-refractivity contribution is -0.147.